The summed E-state index contributed by atoms with van der Waals surface area (Å²) in [5, 5.41) is 11.5. The Morgan fingerprint density at radius 1 is 1.53 bits per heavy atom. The van der Waals surface area contributed by atoms with Crippen molar-refractivity contribution in [1.29, 1.82) is 5.26 Å². The zero-order valence-electron chi connectivity index (χ0n) is 9.90. The van der Waals surface area contributed by atoms with Crippen LogP contribution in [-0.4, -0.2) is 5.91 Å². The lowest BCUT2D eigenvalue weighted by atomic mass is 10.0. The Bertz CT molecular complexity index is 439. The molecule has 1 rings (SSSR count). The maximum Gasteiger partial charge on any atom is 0.224 e. The molecule has 0 radical (unpaired) electrons. The standard InChI is InChI=1S/C13H15FN2O/c1-3-9(2)13(17)16-12(8-15)10-6-4-5-7-11(10)14/h4-7,9,12H,3H2,1-2H3,(H,16,17)/t9-,12+/m1/s1. The molecule has 1 amide bonds. The number of carbonyl (C=O) groups is 1. The highest BCUT2D eigenvalue weighted by Gasteiger charge is 2.19. The molecule has 0 aliphatic heterocycles. The van der Waals surface area contributed by atoms with Crippen molar-refractivity contribution >= 4 is 5.91 Å². The molecule has 4 heteroatoms. The van der Waals surface area contributed by atoms with Crippen LogP contribution in [0.1, 0.15) is 31.9 Å². The molecule has 90 valence electrons. The smallest absolute Gasteiger partial charge is 0.224 e. The summed E-state index contributed by atoms with van der Waals surface area (Å²) >= 11 is 0. The van der Waals surface area contributed by atoms with E-state index in [1.54, 1.807) is 19.1 Å². The molecule has 0 aromatic heterocycles. The molecule has 0 saturated carbocycles. The lowest BCUT2D eigenvalue weighted by Gasteiger charge is -2.15. The highest BCUT2D eigenvalue weighted by molar-refractivity contribution is 5.79. The van der Waals surface area contributed by atoms with Gasteiger partial charge >= 0.3 is 0 Å². The van der Waals surface area contributed by atoms with Crippen LogP contribution in [0.25, 0.3) is 0 Å². The van der Waals surface area contributed by atoms with Gasteiger partial charge in [0.2, 0.25) is 5.91 Å². The molecule has 1 N–H and O–H groups in total. The monoisotopic (exact) mass is 234 g/mol. The Labute approximate surface area is 100 Å². The van der Waals surface area contributed by atoms with Gasteiger partial charge in [0.1, 0.15) is 11.9 Å². The van der Waals surface area contributed by atoms with Crippen molar-refractivity contribution in [2.45, 2.75) is 26.3 Å². The fourth-order valence-corrected chi connectivity index (χ4v) is 1.36. The molecule has 0 saturated heterocycles. The van der Waals surface area contributed by atoms with E-state index in [2.05, 4.69) is 5.32 Å². The number of nitrogens with zero attached hydrogens (tertiary/aromatic N) is 1. The third-order valence-electron chi connectivity index (χ3n) is 2.69. The van der Waals surface area contributed by atoms with E-state index in [0.29, 0.717) is 6.42 Å². The largest absolute Gasteiger partial charge is 0.336 e. The van der Waals surface area contributed by atoms with Gasteiger partial charge in [0, 0.05) is 11.5 Å². The summed E-state index contributed by atoms with van der Waals surface area (Å²) < 4.78 is 13.5. The Balaban J connectivity index is 2.84. The molecule has 3 nitrogen and oxygen atoms in total. The second kappa shape index (κ2) is 6.00. The lowest BCUT2D eigenvalue weighted by Crippen LogP contribution is -2.32. The highest BCUT2D eigenvalue weighted by atomic mass is 19.1. The van der Waals surface area contributed by atoms with E-state index in [-0.39, 0.29) is 17.4 Å². The summed E-state index contributed by atoms with van der Waals surface area (Å²) in [4.78, 5) is 11.6. The Morgan fingerprint density at radius 2 is 2.18 bits per heavy atom. The summed E-state index contributed by atoms with van der Waals surface area (Å²) in [6, 6.07) is 6.92. The van der Waals surface area contributed by atoms with Gasteiger partial charge in [-0.05, 0) is 12.5 Å². The number of nitriles is 1. The average Bonchev–Trinajstić information content (AvgIpc) is 2.35. The topological polar surface area (TPSA) is 52.9 Å². The summed E-state index contributed by atoms with van der Waals surface area (Å²) in [7, 11) is 0. The first-order valence-electron chi connectivity index (χ1n) is 5.54. The van der Waals surface area contributed by atoms with Crippen molar-refractivity contribution in [3.8, 4) is 6.07 Å². The Kier molecular flexibility index (Phi) is 4.65. The number of hydrogen-bond acceptors (Lipinski definition) is 2. The first-order chi connectivity index (χ1) is 8.10. The molecular formula is C13H15FN2O. The maximum atomic E-state index is 13.5. The molecule has 0 fully saturated rings. The van der Waals surface area contributed by atoms with Crippen LogP contribution in [0.4, 0.5) is 4.39 Å². The van der Waals surface area contributed by atoms with Crippen LogP contribution in [0.5, 0.6) is 0 Å². The van der Waals surface area contributed by atoms with Crippen LogP contribution in [0.2, 0.25) is 0 Å². The fourth-order valence-electron chi connectivity index (χ4n) is 1.36. The second-order valence-electron chi connectivity index (χ2n) is 3.90. The van der Waals surface area contributed by atoms with Crippen molar-refractivity contribution in [1.82, 2.24) is 5.32 Å². The van der Waals surface area contributed by atoms with Gasteiger partial charge in [-0.2, -0.15) is 5.26 Å². The lowest BCUT2D eigenvalue weighted by molar-refractivity contribution is -0.125. The van der Waals surface area contributed by atoms with Crippen molar-refractivity contribution in [2.75, 3.05) is 0 Å². The van der Waals surface area contributed by atoms with Crippen molar-refractivity contribution in [2.24, 2.45) is 5.92 Å². The zero-order chi connectivity index (χ0) is 12.8. The third kappa shape index (κ3) is 3.28. The number of rotatable bonds is 4. The minimum atomic E-state index is -0.933. The second-order valence-corrected chi connectivity index (χ2v) is 3.90. The first kappa shape index (κ1) is 13.2. The van der Waals surface area contributed by atoms with Crippen molar-refractivity contribution in [3.05, 3.63) is 35.6 Å². The van der Waals surface area contributed by atoms with Crippen LogP contribution in [0, 0.1) is 23.1 Å². The number of amides is 1. The summed E-state index contributed by atoms with van der Waals surface area (Å²) in [6.07, 6.45) is 0.682. The molecule has 1 aromatic rings. The molecule has 0 spiro atoms. The van der Waals surface area contributed by atoms with Gasteiger partial charge in [-0.1, -0.05) is 32.0 Å². The average molecular weight is 234 g/mol. The SMILES string of the molecule is CC[C@@H](C)C(=O)N[C@@H](C#N)c1ccccc1F. The van der Waals surface area contributed by atoms with E-state index in [0.717, 1.165) is 0 Å². The zero-order valence-corrected chi connectivity index (χ0v) is 9.90. The molecule has 0 aliphatic carbocycles. The molecule has 1 aromatic carbocycles. The predicted molar refractivity (Wildman–Crippen MR) is 62.4 cm³/mol. The molecule has 0 heterocycles. The van der Waals surface area contributed by atoms with E-state index in [9.17, 15) is 9.18 Å². The summed E-state index contributed by atoms with van der Waals surface area (Å²) in [6.45, 7) is 3.65. The van der Waals surface area contributed by atoms with Gasteiger partial charge in [-0.15, -0.1) is 0 Å². The molecule has 0 aliphatic rings. The number of carbonyl (C=O) groups excluding carboxylic acids is 1. The quantitative estimate of drug-likeness (QED) is 0.870. The molecular weight excluding hydrogens is 219 g/mol. The number of nitrogens with one attached hydrogen (secondary N) is 1. The van der Waals surface area contributed by atoms with Crippen LogP contribution in [-0.2, 0) is 4.79 Å². The normalized spacial score (nSPS) is 13.5. The Morgan fingerprint density at radius 3 is 2.71 bits per heavy atom. The summed E-state index contributed by atoms with van der Waals surface area (Å²) in [5.41, 5.74) is 0.201. The predicted octanol–water partition coefficient (Wildman–Crippen LogP) is 2.55. The molecule has 0 bridgehead atoms. The Hall–Kier alpha value is -1.89. The fraction of sp³-hybridized carbons (Fsp3) is 0.385. The van der Waals surface area contributed by atoms with Crippen LogP contribution >= 0.6 is 0 Å². The van der Waals surface area contributed by atoms with Gasteiger partial charge < -0.3 is 5.32 Å². The highest BCUT2D eigenvalue weighted by Crippen LogP contribution is 2.16. The molecule has 2 atom stereocenters. The van der Waals surface area contributed by atoms with E-state index in [1.807, 2.05) is 13.0 Å². The van der Waals surface area contributed by atoms with E-state index >= 15 is 0 Å². The van der Waals surface area contributed by atoms with Crippen LogP contribution < -0.4 is 5.32 Å². The maximum absolute atomic E-state index is 13.5. The van der Waals surface area contributed by atoms with Crippen LogP contribution in [0.3, 0.4) is 0 Å². The number of hydrogen-bond donors (Lipinski definition) is 1. The van der Waals surface area contributed by atoms with E-state index in [1.165, 1.54) is 12.1 Å². The van der Waals surface area contributed by atoms with Crippen molar-refractivity contribution < 1.29 is 9.18 Å². The van der Waals surface area contributed by atoms with Gasteiger partial charge in [0.25, 0.3) is 0 Å². The van der Waals surface area contributed by atoms with E-state index in [4.69, 9.17) is 5.26 Å². The molecule has 0 unspecified atom stereocenters. The minimum absolute atomic E-state index is 0.183. The van der Waals surface area contributed by atoms with Gasteiger partial charge in [-0.3, -0.25) is 4.79 Å². The first-order valence-corrected chi connectivity index (χ1v) is 5.54. The van der Waals surface area contributed by atoms with Crippen LogP contribution in [0.15, 0.2) is 24.3 Å². The number of halogens is 1. The van der Waals surface area contributed by atoms with Crippen molar-refractivity contribution in [3.63, 3.8) is 0 Å². The third-order valence-corrected chi connectivity index (χ3v) is 2.69. The van der Waals surface area contributed by atoms with E-state index < -0.39 is 11.9 Å². The number of benzene rings is 1. The minimum Gasteiger partial charge on any atom is -0.336 e. The molecule has 17 heavy (non-hydrogen) atoms. The van der Waals surface area contributed by atoms with Gasteiger partial charge in [-0.25, -0.2) is 4.39 Å². The van der Waals surface area contributed by atoms with Gasteiger partial charge in [0.15, 0.2) is 0 Å². The summed E-state index contributed by atoms with van der Waals surface area (Å²) in [5.74, 6) is -0.900. The van der Waals surface area contributed by atoms with Gasteiger partial charge in [0.05, 0.1) is 6.07 Å².